The van der Waals surface area contributed by atoms with Crippen molar-refractivity contribution in [2.24, 2.45) is 5.41 Å². The summed E-state index contributed by atoms with van der Waals surface area (Å²) >= 11 is 5.36. The molecule has 4 nitrogen and oxygen atoms in total. The smallest absolute Gasteiger partial charge is 0.435 e. The molecular formula is C12H20NO3S+. The molecule has 1 saturated heterocycles. The topological polar surface area (TPSA) is 54.4 Å². The molecule has 96 valence electrons. The number of amides is 1. The predicted octanol–water partition coefficient (Wildman–Crippen LogP) is 2.61. The molecule has 0 aliphatic carbocycles. The Morgan fingerprint density at radius 1 is 1.41 bits per heavy atom. The van der Waals surface area contributed by atoms with Crippen LogP contribution in [0.5, 0.6) is 0 Å². The first-order valence-electron chi connectivity index (χ1n) is 5.84. The lowest BCUT2D eigenvalue weighted by Crippen LogP contribution is -2.62. The highest BCUT2D eigenvalue weighted by atomic mass is 32.1. The Bertz CT molecular complexity index is 378. The molecule has 1 aliphatic rings. The van der Waals surface area contributed by atoms with E-state index in [1.165, 1.54) is 6.92 Å². The summed E-state index contributed by atoms with van der Waals surface area (Å²) in [6, 6.07) is -0.0568. The number of rotatable bonds is 2. The van der Waals surface area contributed by atoms with Crippen molar-refractivity contribution < 1.29 is 19.2 Å². The molecule has 0 bridgehead atoms. The summed E-state index contributed by atoms with van der Waals surface area (Å²) in [7, 11) is 0. The molecule has 0 aromatic rings. The first-order valence-corrected chi connectivity index (χ1v) is 6.25. The van der Waals surface area contributed by atoms with Crippen LogP contribution >= 0.6 is 12.2 Å². The number of hydrogen-bond donors (Lipinski definition) is 1. The standard InChI is InChI=1S/C12H19NO3S/c1-8-6-5-7-13(8,11(15)16)10(17)12(3,4)9(2)14/h8H,5-7H2,1-4H3/p+1/t8-,13?/m1/s1. The zero-order chi connectivity index (χ0) is 13.4. The Morgan fingerprint density at radius 2 is 1.94 bits per heavy atom. The average molecular weight is 258 g/mol. The van der Waals surface area contributed by atoms with Gasteiger partial charge in [0.15, 0.2) is 4.99 Å². The van der Waals surface area contributed by atoms with Crippen molar-refractivity contribution in [2.75, 3.05) is 6.54 Å². The molecule has 1 fully saturated rings. The average Bonchev–Trinajstić information content (AvgIpc) is 2.59. The van der Waals surface area contributed by atoms with E-state index in [0.29, 0.717) is 11.5 Å². The van der Waals surface area contributed by atoms with Crippen molar-refractivity contribution >= 4 is 29.1 Å². The third-order valence-corrected chi connectivity index (χ3v) is 4.84. The van der Waals surface area contributed by atoms with Crippen LogP contribution in [-0.2, 0) is 4.79 Å². The molecule has 2 atom stereocenters. The van der Waals surface area contributed by atoms with E-state index in [9.17, 15) is 14.7 Å². The summed E-state index contributed by atoms with van der Waals surface area (Å²) in [5.74, 6) is -0.0830. The van der Waals surface area contributed by atoms with Gasteiger partial charge in [0.05, 0.1) is 6.54 Å². The van der Waals surface area contributed by atoms with Crippen molar-refractivity contribution in [2.45, 2.75) is 46.6 Å². The zero-order valence-corrected chi connectivity index (χ0v) is 11.6. The van der Waals surface area contributed by atoms with Crippen LogP contribution in [-0.4, -0.2) is 39.0 Å². The SMILES string of the molecule is CC(=O)C(C)(C)C(=S)[N+]1(C(=O)O)CCC[C@H]1C. The second-order valence-electron chi connectivity index (χ2n) is 5.35. The molecule has 1 heterocycles. The number of ketones is 1. The van der Waals surface area contributed by atoms with Gasteiger partial charge in [-0.2, -0.15) is 9.28 Å². The highest BCUT2D eigenvalue weighted by Crippen LogP contribution is 2.35. The van der Waals surface area contributed by atoms with E-state index in [0.717, 1.165) is 12.8 Å². The zero-order valence-electron chi connectivity index (χ0n) is 10.8. The van der Waals surface area contributed by atoms with Gasteiger partial charge in [0.25, 0.3) is 0 Å². The van der Waals surface area contributed by atoms with Crippen molar-refractivity contribution in [3.63, 3.8) is 0 Å². The third kappa shape index (κ3) is 2.02. The number of hydrogen-bond acceptors (Lipinski definition) is 3. The van der Waals surface area contributed by atoms with Crippen LogP contribution in [0.3, 0.4) is 0 Å². The summed E-state index contributed by atoms with van der Waals surface area (Å²) in [6.45, 7) is 7.28. The quantitative estimate of drug-likeness (QED) is 0.611. The fourth-order valence-electron chi connectivity index (χ4n) is 2.40. The van der Waals surface area contributed by atoms with Crippen molar-refractivity contribution in [1.82, 2.24) is 0 Å². The van der Waals surface area contributed by atoms with Crippen LogP contribution in [0.4, 0.5) is 4.79 Å². The van der Waals surface area contributed by atoms with Gasteiger partial charge >= 0.3 is 6.09 Å². The molecule has 1 aliphatic heterocycles. The number of carbonyl (C=O) groups excluding carboxylic acids is 1. The minimum absolute atomic E-state index is 0.0568. The minimum atomic E-state index is -0.936. The maximum absolute atomic E-state index is 11.6. The lowest BCUT2D eigenvalue weighted by Gasteiger charge is -2.37. The van der Waals surface area contributed by atoms with Crippen LogP contribution < -0.4 is 0 Å². The number of thiocarbonyl (C=S) groups is 1. The molecule has 1 rings (SSSR count). The van der Waals surface area contributed by atoms with E-state index in [2.05, 4.69) is 0 Å². The number of carboxylic acid groups (broad SMARTS) is 1. The van der Waals surface area contributed by atoms with Gasteiger partial charge in [-0.3, -0.25) is 4.79 Å². The number of likely N-dealkylation sites (tertiary alicyclic amines) is 1. The summed E-state index contributed by atoms with van der Waals surface area (Å²) in [5, 5.41) is 9.52. The summed E-state index contributed by atoms with van der Waals surface area (Å²) in [6.07, 6.45) is 0.733. The summed E-state index contributed by atoms with van der Waals surface area (Å²) in [5.41, 5.74) is -0.869. The van der Waals surface area contributed by atoms with Crippen molar-refractivity contribution in [1.29, 1.82) is 0 Å². The van der Waals surface area contributed by atoms with E-state index in [4.69, 9.17) is 12.2 Å². The minimum Gasteiger partial charge on any atom is -0.435 e. The predicted molar refractivity (Wildman–Crippen MR) is 68.9 cm³/mol. The van der Waals surface area contributed by atoms with Gasteiger partial charge in [0.2, 0.25) is 0 Å². The third-order valence-electron chi connectivity index (χ3n) is 4.00. The lowest BCUT2D eigenvalue weighted by atomic mass is 9.87. The second-order valence-corrected chi connectivity index (χ2v) is 5.74. The van der Waals surface area contributed by atoms with Crippen molar-refractivity contribution in [3.05, 3.63) is 0 Å². The number of quaternary nitrogens is 1. The van der Waals surface area contributed by atoms with Gasteiger partial charge in [-0.1, -0.05) is 0 Å². The number of carbonyl (C=O) groups is 2. The van der Waals surface area contributed by atoms with Crippen LogP contribution in [0, 0.1) is 5.41 Å². The summed E-state index contributed by atoms with van der Waals surface area (Å²) < 4.78 is -0.234. The fraction of sp³-hybridized carbons (Fsp3) is 0.750. The molecule has 0 aromatic heterocycles. The van der Waals surface area contributed by atoms with E-state index < -0.39 is 11.5 Å². The van der Waals surface area contributed by atoms with E-state index in [1.54, 1.807) is 13.8 Å². The largest absolute Gasteiger partial charge is 0.519 e. The van der Waals surface area contributed by atoms with Gasteiger partial charge in [0.1, 0.15) is 17.2 Å². The maximum atomic E-state index is 11.6. The highest BCUT2D eigenvalue weighted by molar-refractivity contribution is 7.80. The molecule has 5 heteroatoms. The molecule has 17 heavy (non-hydrogen) atoms. The van der Waals surface area contributed by atoms with Gasteiger partial charge in [-0.05, 0) is 39.9 Å². The van der Waals surface area contributed by atoms with Gasteiger partial charge < -0.3 is 5.11 Å². The first kappa shape index (κ1) is 14.3. The van der Waals surface area contributed by atoms with Crippen LogP contribution in [0.15, 0.2) is 0 Å². The van der Waals surface area contributed by atoms with Gasteiger partial charge in [-0.15, -0.1) is 0 Å². The molecule has 0 radical (unpaired) electrons. The van der Waals surface area contributed by atoms with E-state index >= 15 is 0 Å². The highest BCUT2D eigenvalue weighted by Gasteiger charge is 2.55. The fourth-order valence-corrected chi connectivity index (χ4v) is 2.89. The normalized spacial score (nSPS) is 29.1. The van der Waals surface area contributed by atoms with Gasteiger partial charge in [-0.25, -0.2) is 0 Å². The molecule has 1 unspecified atom stereocenters. The van der Waals surface area contributed by atoms with E-state index in [-0.39, 0.29) is 16.3 Å². The van der Waals surface area contributed by atoms with Crippen LogP contribution in [0.25, 0.3) is 0 Å². The molecule has 0 aromatic carbocycles. The monoisotopic (exact) mass is 258 g/mol. The molecule has 0 saturated carbocycles. The maximum Gasteiger partial charge on any atom is 0.519 e. The van der Waals surface area contributed by atoms with Crippen LogP contribution in [0.1, 0.15) is 40.5 Å². The number of nitrogens with zero attached hydrogens (tertiary/aromatic N) is 1. The Balaban J connectivity index is 3.23. The van der Waals surface area contributed by atoms with E-state index in [1.807, 2.05) is 6.92 Å². The first-order chi connectivity index (χ1) is 7.67. The molecule has 1 N–H and O–H groups in total. The molecule has 1 amide bonds. The Hall–Kier alpha value is -0.810. The number of Topliss-reactive ketones (excluding diaryl/α,β-unsaturated/α-hetero) is 1. The Morgan fingerprint density at radius 3 is 2.24 bits per heavy atom. The van der Waals surface area contributed by atoms with Gasteiger partial charge in [0, 0.05) is 12.8 Å². The second kappa shape index (κ2) is 4.46. The Labute approximate surface area is 107 Å². The Kier molecular flexibility index (Phi) is 3.74. The van der Waals surface area contributed by atoms with Crippen molar-refractivity contribution in [3.8, 4) is 0 Å². The molecule has 0 spiro atoms. The van der Waals surface area contributed by atoms with Crippen LogP contribution in [0.2, 0.25) is 0 Å². The summed E-state index contributed by atoms with van der Waals surface area (Å²) in [4.78, 5) is 23.6. The lowest BCUT2D eigenvalue weighted by molar-refractivity contribution is -0.778. The molecular weight excluding hydrogens is 238 g/mol.